The zero-order valence-corrected chi connectivity index (χ0v) is 11.4. The molecule has 0 spiro atoms. The van der Waals surface area contributed by atoms with E-state index in [1.165, 1.54) is 0 Å². The number of anilines is 1. The van der Waals surface area contributed by atoms with E-state index in [1.807, 2.05) is 12.1 Å². The molecule has 0 radical (unpaired) electrons. The Morgan fingerprint density at radius 3 is 2.84 bits per heavy atom. The molecular weight excluding hydrogens is 244 g/mol. The molecule has 2 N–H and O–H groups in total. The number of hydrogen-bond donors (Lipinski definition) is 2. The van der Waals surface area contributed by atoms with Crippen LogP contribution in [-0.2, 0) is 11.2 Å². The van der Waals surface area contributed by atoms with E-state index in [2.05, 4.69) is 17.6 Å². The van der Waals surface area contributed by atoms with Gasteiger partial charge in [0, 0.05) is 18.5 Å². The van der Waals surface area contributed by atoms with Crippen LogP contribution in [0.1, 0.15) is 18.9 Å². The standard InChI is InChI=1S/C14H20N2O3/c1-3-15-8-9-19-11-5-6-12(18-2)14-10(11)4-7-13(17)16-14/h5-6,15H,3-4,7-9H2,1-2H3,(H,16,17). The number of methoxy groups -OCH3 is 1. The molecule has 0 saturated heterocycles. The van der Waals surface area contributed by atoms with Crippen LogP contribution in [0.3, 0.4) is 0 Å². The summed E-state index contributed by atoms with van der Waals surface area (Å²) in [7, 11) is 1.60. The van der Waals surface area contributed by atoms with Gasteiger partial charge in [0.2, 0.25) is 5.91 Å². The first kappa shape index (κ1) is 13.7. The molecule has 0 aromatic heterocycles. The normalized spacial score (nSPS) is 13.7. The van der Waals surface area contributed by atoms with Crippen molar-refractivity contribution >= 4 is 11.6 Å². The average Bonchev–Trinajstić information content (AvgIpc) is 2.43. The van der Waals surface area contributed by atoms with E-state index in [1.54, 1.807) is 7.11 Å². The van der Waals surface area contributed by atoms with Crippen molar-refractivity contribution in [2.24, 2.45) is 0 Å². The first-order valence-electron chi connectivity index (χ1n) is 6.59. The second-order valence-electron chi connectivity index (χ2n) is 4.37. The van der Waals surface area contributed by atoms with E-state index < -0.39 is 0 Å². The van der Waals surface area contributed by atoms with Crippen molar-refractivity contribution < 1.29 is 14.3 Å². The van der Waals surface area contributed by atoms with Crippen molar-refractivity contribution in [1.82, 2.24) is 5.32 Å². The summed E-state index contributed by atoms with van der Waals surface area (Å²) in [5, 5.41) is 6.07. The van der Waals surface area contributed by atoms with Crippen LogP contribution < -0.4 is 20.1 Å². The van der Waals surface area contributed by atoms with Crippen LogP contribution in [0.4, 0.5) is 5.69 Å². The Kier molecular flexibility index (Phi) is 4.63. The van der Waals surface area contributed by atoms with Crippen molar-refractivity contribution in [3.8, 4) is 11.5 Å². The highest BCUT2D eigenvalue weighted by Crippen LogP contribution is 2.38. The van der Waals surface area contributed by atoms with Gasteiger partial charge in [0.05, 0.1) is 12.8 Å². The van der Waals surface area contributed by atoms with Gasteiger partial charge in [-0.15, -0.1) is 0 Å². The number of carbonyl (C=O) groups is 1. The smallest absolute Gasteiger partial charge is 0.224 e. The predicted molar refractivity (Wildman–Crippen MR) is 74.0 cm³/mol. The van der Waals surface area contributed by atoms with E-state index in [9.17, 15) is 4.79 Å². The zero-order chi connectivity index (χ0) is 13.7. The summed E-state index contributed by atoms with van der Waals surface area (Å²) >= 11 is 0. The van der Waals surface area contributed by atoms with Crippen LogP contribution in [0.25, 0.3) is 0 Å². The molecule has 5 nitrogen and oxygen atoms in total. The summed E-state index contributed by atoms with van der Waals surface area (Å²) in [5.41, 5.74) is 1.77. The topological polar surface area (TPSA) is 59.6 Å². The van der Waals surface area contributed by atoms with E-state index >= 15 is 0 Å². The molecule has 1 heterocycles. The second kappa shape index (κ2) is 6.43. The molecule has 1 aliphatic heterocycles. The number of nitrogens with one attached hydrogen (secondary N) is 2. The number of likely N-dealkylation sites (N-methyl/N-ethyl adjacent to an activating group) is 1. The Balaban J connectivity index is 2.16. The minimum atomic E-state index is 0.0237. The minimum Gasteiger partial charge on any atom is -0.495 e. The number of fused-ring (bicyclic) bond motifs is 1. The van der Waals surface area contributed by atoms with Gasteiger partial charge in [-0.1, -0.05) is 6.92 Å². The Bertz CT molecular complexity index is 460. The summed E-state index contributed by atoms with van der Waals surface area (Å²) in [4.78, 5) is 11.5. The molecule has 0 unspecified atom stereocenters. The Labute approximate surface area is 113 Å². The summed E-state index contributed by atoms with van der Waals surface area (Å²) in [6, 6.07) is 3.73. The van der Waals surface area contributed by atoms with Crippen molar-refractivity contribution in [2.75, 3.05) is 32.1 Å². The fourth-order valence-electron chi connectivity index (χ4n) is 2.15. The quantitative estimate of drug-likeness (QED) is 0.766. The number of ether oxygens (including phenoxy) is 2. The lowest BCUT2D eigenvalue weighted by molar-refractivity contribution is -0.116. The number of rotatable bonds is 6. The molecule has 1 aromatic rings. The van der Waals surface area contributed by atoms with Crippen molar-refractivity contribution in [2.45, 2.75) is 19.8 Å². The van der Waals surface area contributed by atoms with Crippen molar-refractivity contribution in [3.63, 3.8) is 0 Å². The second-order valence-corrected chi connectivity index (χ2v) is 4.37. The number of amides is 1. The first-order valence-corrected chi connectivity index (χ1v) is 6.59. The fourth-order valence-corrected chi connectivity index (χ4v) is 2.15. The fraction of sp³-hybridized carbons (Fsp3) is 0.500. The zero-order valence-electron chi connectivity index (χ0n) is 11.4. The van der Waals surface area contributed by atoms with Crippen LogP contribution in [-0.4, -0.2) is 32.7 Å². The summed E-state index contributed by atoms with van der Waals surface area (Å²) in [5.74, 6) is 1.53. The number of carbonyl (C=O) groups excluding carboxylic acids is 1. The maximum Gasteiger partial charge on any atom is 0.224 e. The molecule has 1 amide bonds. The van der Waals surface area contributed by atoms with Crippen LogP contribution in [0, 0.1) is 0 Å². The summed E-state index contributed by atoms with van der Waals surface area (Å²) < 4.78 is 11.0. The molecule has 0 bridgehead atoms. The Morgan fingerprint density at radius 1 is 1.32 bits per heavy atom. The molecule has 104 valence electrons. The SMILES string of the molecule is CCNCCOc1ccc(OC)c2c1CCC(=O)N2. The van der Waals surface area contributed by atoms with Gasteiger partial charge in [0.15, 0.2) is 0 Å². The van der Waals surface area contributed by atoms with Crippen LogP contribution >= 0.6 is 0 Å². The molecule has 0 atom stereocenters. The van der Waals surface area contributed by atoms with E-state index in [0.717, 1.165) is 30.1 Å². The lowest BCUT2D eigenvalue weighted by Crippen LogP contribution is -2.23. The Hall–Kier alpha value is -1.75. The minimum absolute atomic E-state index is 0.0237. The van der Waals surface area contributed by atoms with E-state index in [4.69, 9.17) is 9.47 Å². The molecule has 0 saturated carbocycles. The van der Waals surface area contributed by atoms with Gasteiger partial charge in [-0.3, -0.25) is 4.79 Å². The maximum absolute atomic E-state index is 11.5. The van der Waals surface area contributed by atoms with E-state index in [0.29, 0.717) is 25.2 Å². The lowest BCUT2D eigenvalue weighted by Gasteiger charge is -2.22. The molecule has 1 aliphatic rings. The van der Waals surface area contributed by atoms with Gasteiger partial charge in [-0.25, -0.2) is 0 Å². The van der Waals surface area contributed by atoms with Gasteiger partial charge in [0.1, 0.15) is 18.1 Å². The first-order chi connectivity index (χ1) is 9.26. The third-order valence-corrected chi connectivity index (χ3v) is 3.10. The monoisotopic (exact) mass is 264 g/mol. The molecule has 0 aliphatic carbocycles. The average molecular weight is 264 g/mol. The molecule has 19 heavy (non-hydrogen) atoms. The molecule has 5 heteroatoms. The number of hydrogen-bond acceptors (Lipinski definition) is 4. The van der Waals surface area contributed by atoms with Gasteiger partial charge in [-0.2, -0.15) is 0 Å². The maximum atomic E-state index is 11.5. The number of benzene rings is 1. The predicted octanol–water partition coefficient (Wildman–Crippen LogP) is 1.57. The highest BCUT2D eigenvalue weighted by molar-refractivity contribution is 5.96. The third kappa shape index (κ3) is 3.17. The van der Waals surface area contributed by atoms with Gasteiger partial charge in [-0.05, 0) is 25.1 Å². The van der Waals surface area contributed by atoms with Gasteiger partial charge < -0.3 is 20.1 Å². The third-order valence-electron chi connectivity index (χ3n) is 3.10. The highest BCUT2D eigenvalue weighted by Gasteiger charge is 2.22. The Morgan fingerprint density at radius 2 is 2.11 bits per heavy atom. The molecule has 2 rings (SSSR count). The molecule has 0 fully saturated rings. The van der Waals surface area contributed by atoms with E-state index in [-0.39, 0.29) is 5.91 Å². The molecular formula is C14H20N2O3. The largest absolute Gasteiger partial charge is 0.495 e. The van der Waals surface area contributed by atoms with Gasteiger partial charge in [0.25, 0.3) is 0 Å². The van der Waals surface area contributed by atoms with Crippen molar-refractivity contribution in [3.05, 3.63) is 17.7 Å². The van der Waals surface area contributed by atoms with Crippen molar-refractivity contribution in [1.29, 1.82) is 0 Å². The van der Waals surface area contributed by atoms with Gasteiger partial charge >= 0.3 is 0 Å². The van der Waals surface area contributed by atoms with Crippen LogP contribution in [0.5, 0.6) is 11.5 Å². The lowest BCUT2D eigenvalue weighted by atomic mass is 10.0. The van der Waals surface area contributed by atoms with Crippen LogP contribution in [0.15, 0.2) is 12.1 Å². The van der Waals surface area contributed by atoms with Crippen LogP contribution in [0.2, 0.25) is 0 Å². The highest BCUT2D eigenvalue weighted by atomic mass is 16.5. The summed E-state index contributed by atoms with van der Waals surface area (Å²) in [6.45, 7) is 4.41. The summed E-state index contributed by atoms with van der Waals surface area (Å²) in [6.07, 6.45) is 1.18. The molecule has 1 aromatic carbocycles.